The van der Waals surface area contributed by atoms with E-state index in [0.29, 0.717) is 61.4 Å². The van der Waals surface area contributed by atoms with E-state index in [1.54, 1.807) is 50.4 Å². The highest BCUT2D eigenvalue weighted by Gasteiger charge is 2.23. The highest BCUT2D eigenvalue weighted by atomic mass is 16.6. The number of carbonyl (C=O) groups excluding carboxylic acids is 1. The minimum Gasteiger partial charge on any atom is -0.497 e. The molecule has 11 nitrogen and oxygen atoms in total. The van der Waals surface area contributed by atoms with Crippen molar-refractivity contribution in [1.82, 2.24) is 14.9 Å². The third-order valence-electron chi connectivity index (χ3n) is 4.81. The van der Waals surface area contributed by atoms with E-state index in [1.165, 1.54) is 12.4 Å². The van der Waals surface area contributed by atoms with Crippen molar-refractivity contribution in [2.45, 2.75) is 6.92 Å². The first kappa shape index (κ1) is 22.8. The SMILES string of the molecule is CCOC(=O)N1CCN(c2cncc(/C(N)=N/N=C/c3cc(OC)ccc3OC)n2)CC1. The number of anilines is 1. The van der Waals surface area contributed by atoms with Gasteiger partial charge in [0.1, 0.15) is 23.0 Å². The third kappa shape index (κ3) is 5.62. The molecule has 1 saturated heterocycles. The Morgan fingerprint density at radius 2 is 1.97 bits per heavy atom. The van der Waals surface area contributed by atoms with Crippen molar-refractivity contribution in [2.24, 2.45) is 15.9 Å². The van der Waals surface area contributed by atoms with E-state index in [4.69, 9.17) is 19.9 Å². The lowest BCUT2D eigenvalue weighted by molar-refractivity contribution is 0.105. The highest BCUT2D eigenvalue weighted by molar-refractivity contribution is 5.96. The van der Waals surface area contributed by atoms with Crippen molar-refractivity contribution < 1.29 is 19.0 Å². The van der Waals surface area contributed by atoms with E-state index < -0.39 is 0 Å². The first-order chi connectivity index (χ1) is 15.5. The van der Waals surface area contributed by atoms with E-state index in [0.717, 1.165) is 0 Å². The zero-order valence-electron chi connectivity index (χ0n) is 18.4. The number of rotatable bonds is 7. The highest BCUT2D eigenvalue weighted by Crippen LogP contribution is 2.22. The zero-order chi connectivity index (χ0) is 22.9. The number of nitrogens with two attached hydrogens (primary N) is 1. The number of aromatic nitrogens is 2. The molecule has 1 aliphatic heterocycles. The van der Waals surface area contributed by atoms with Gasteiger partial charge in [-0.15, -0.1) is 5.10 Å². The summed E-state index contributed by atoms with van der Waals surface area (Å²) in [6, 6.07) is 5.36. The molecule has 170 valence electrons. The number of nitrogens with zero attached hydrogens (tertiary/aromatic N) is 6. The molecule has 0 atom stereocenters. The van der Waals surface area contributed by atoms with Crippen molar-refractivity contribution in [3.63, 3.8) is 0 Å². The maximum atomic E-state index is 11.9. The van der Waals surface area contributed by atoms with Gasteiger partial charge in [0.2, 0.25) is 0 Å². The predicted molar refractivity (Wildman–Crippen MR) is 121 cm³/mol. The van der Waals surface area contributed by atoms with Crippen LogP contribution in [0.25, 0.3) is 0 Å². The predicted octanol–water partition coefficient (Wildman–Crippen LogP) is 1.51. The van der Waals surface area contributed by atoms with Crippen molar-refractivity contribution in [3.05, 3.63) is 41.9 Å². The van der Waals surface area contributed by atoms with Crippen LogP contribution >= 0.6 is 0 Å². The maximum Gasteiger partial charge on any atom is 0.409 e. The number of amidine groups is 1. The second kappa shape index (κ2) is 10.9. The lowest BCUT2D eigenvalue weighted by Crippen LogP contribution is -2.49. The smallest absolute Gasteiger partial charge is 0.409 e. The Morgan fingerprint density at radius 3 is 2.66 bits per heavy atom. The van der Waals surface area contributed by atoms with Crippen LogP contribution in [0.1, 0.15) is 18.2 Å². The maximum absolute atomic E-state index is 11.9. The minimum atomic E-state index is -0.297. The Hall–Kier alpha value is -3.89. The fraction of sp³-hybridized carbons (Fsp3) is 0.381. The Morgan fingerprint density at radius 1 is 1.19 bits per heavy atom. The van der Waals surface area contributed by atoms with Gasteiger partial charge in [0.25, 0.3) is 0 Å². The van der Waals surface area contributed by atoms with Gasteiger partial charge in [-0.3, -0.25) is 4.98 Å². The molecule has 1 aromatic carbocycles. The molecule has 0 saturated carbocycles. The van der Waals surface area contributed by atoms with Crippen LogP contribution in [-0.4, -0.2) is 80.0 Å². The van der Waals surface area contributed by atoms with Crippen LogP contribution in [0.15, 0.2) is 40.8 Å². The first-order valence-corrected chi connectivity index (χ1v) is 10.1. The van der Waals surface area contributed by atoms with Gasteiger partial charge < -0.3 is 29.7 Å². The Bertz CT molecular complexity index is 988. The van der Waals surface area contributed by atoms with Crippen LogP contribution in [0.4, 0.5) is 10.6 Å². The number of benzene rings is 1. The molecule has 2 aromatic rings. The Labute approximate surface area is 186 Å². The average molecular weight is 441 g/mol. The monoisotopic (exact) mass is 441 g/mol. The normalized spacial score (nSPS) is 14.5. The van der Waals surface area contributed by atoms with Crippen molar-refractivity contribution >= 4 is 24.0 Å². The first-order valence-electron chi connectivity index (χ1n) is 10.1. The molecule has 1 aromatic heterocycles. The Kier molecular flexibility index (Phi) is 7.79. The van der Waals surface area contributed by atoms with Gasteiger partial charge in [-0.25, -0.2) is 9.78 Å². The molecule has 11 heteroatoms. The molecular formula is C21H27N7O4. The second-order valence-corrected chi connectivity index (χ2v) is 6.77. The molecule has 0 aliphatic carbocycles. The molecule has 1 fully saturated rings. The number of methoxy groups -OCH3 is 2. The third-order valence-corrected chi connectivity index (χ3v) is 4.81. The van der Waals surface area contributed by atoms with Gasteiger partial charge in [0.15, 0.2) is 5.84 Å². The average Bonchev–Trinajstić information content (AvgIpc) is 2.84. The quantitative estimate of drug-likeness (QED) is 0.389. The van der Waals surface area contributed by atoms with E-state index in [-0.39, 0.29) is 11.9 Å². The molecule has 2 heterocycles. The van der Waals surface area contributed by atoms with Gasteiger partial charge in [0, 0.05) is 31.7 Å². The van der Waals surface area contributed by atoms with E-state index in [1.807, 2.05) is 4.90 Å². The molecular weight excluding hydrogens is 414 g/mol. The Balaban J connectivity index is 1.68. The summed E-state index contributed by atoms with van der Waals surface area (Å²) in [5.74, 6) is 2.09. The zero-order valence-corrected chi connectivity index (χ0v) is 18.4. The van der Waals surface area contributed by atoms with E-state index >= 15 is 0 Å². The molecule has 0 spiro atoms. The summed E-state index contributed by atoms with van der Waals surface area (Å²) in [5, 5.41) is 8.09. The molecule has 2 N–H and O–H groups in total. The van der Waals surface area contributed by atoms with Gasteiger partial charge in [-0.1, -0.05) is 0 Å². The van der Waals surface area contributed by atoms with Crippen molar-refractivity contribution in [2.75, 3.05) is 51.9 Å². The molecule has 0 unspecified atom stereocenters. The fourth-order valence-corrected chi connectivity index (χ4v) is 3.11. The number of amides is 1. The van der Waals surface area contributed by atoms with Crippen LogP contribution in [0.3, 0.4) is 0 Å². The van der Waals surface area contributed by atoms with Crippen LogP contribution in [-0.2, 0) is 4.74 Å². The van der Waals surface area contributed by atoms with Gasteiger partial charge in [-0.05, 0) is 25.1 Å². The topological polar surface area (TPSA) is 128 Å². The number of piperazine rings is 1. The van der Waals surface area contributed by atoms with Gasteiger partial charge >= 0.3 is 6.09 Å². The summed E-state index contributed by atoms with van der Waals surface area (Å²) < 4.78 is 15.6. The molecule has 3 rings (SSSR count). The standard InChI is InChI=1S/C21H27N7O4/c1-4-32-21(29)28-9-7-27(8-10-28)19-14-23-13-17(25-19)20(22)26-24-12-15-11-16(30-2)5-6-18(15)31-3/h5-6,11-14H,4,7-10H2,1-3H3,(H2,22,26)/b24-12+. The van der Waals surface area contributed by atoms with Gasteiger partial charge in [0.05, 0.1) is 39.4 Å². The fourth-order valence-electron chi connectivity index (χ4n) is 3.11. The summed E-state index contributed by atoms with van der Waals surface area (Å²) >= 11 is 0. The second-order valence-electron chi connectivity index (χ2n) is 6.77. The summed E-state index contributed by atoms with van der Waals surface area (Å²) in [7, 11) is 3.16. The van der Waals surface area contributed by atoms with Crippen LogP contribution in [0.2, 0.25) is 0 Å². The molecule has 32 heavy (non-hydrogen) atoms. The largest absolute Gasteiger partial charge is 0.497 e. The summed E-state index contributed by atoms with van der Waals surface area (Å²) in [5.41, 5.74) is 7.17. The lowest BCUT2D eigenvalue weighted by atomic mass is 10.2. The molecule has 0 bridgehead atoms. The number of hydrogen-bond acceptors (Lipinski definition) is 9. The van der Waals surface area contributed by atoms with E-state index in [9.17, 15) is 4.79 Å². The van der Waals surface area contributed by atoms with Crippen LogP contribution in [0, 0.1) is 0 Å². The van der Waals surface area contributed by atoms with Crippen molar-refractivity contribution in [3.8, 4) is 11.5 Å². The van der Waals surface area contributed by atoms with Gasteiger partial charge in [-0.2, -0.15) is 5.10 Å². The number of ether oxygens (including phenoxy) is 3. The van der Waals surface area contributed by atoms with Crippen molar-refractivity contribution in [1.29, 1.82) is 0 Å². The van der Waals surface area contributed by atoms with E-state index in [2.05, 4.69) is 20.2 Å². The van der Waals surface area contributed by atoms with Crippen LogP contribution < -0.4 is 20.1 Å². The number of hydrogen-bond donors (Lipinski definition) is 1. The minimum absolute atomic E-state index is 0.127. The van der Waals surface area contributed by atoms with Crippen LogP contribution in [0.5, 0.6) is 11.5 Å². The molecule has 0 radical (unpaired) electrons. The summed E-state index contributed by atoms with van der Waals surface area (Å²) in [6.07, 6.45) is 4.41. The lowest BCUT2D eigenvalue weighted by Gasteiger charge is -2.34. The molecule has 1 amide bonds. The summed E-state index contributed by atoms with van der Waals surface area (Å²) in [6.45, 7) is 4.46. The molecule has 1 aliphatic rings. The number of carbonyl (C=O) groups is 1. The summed E-state index contributed by atoms with van der Waals surface area (Å²) in [4.78, 5) is 24.3.